The van der Waals surface area contributed by atoms with Crippen LogP contribution in [0.3, 0.4) is 0 Å². The van der Waals surface area contributed by atoms with E-state index in [9.17, 15) is 0 Å². The number of hydrogen-bond donors (Lipinski definition) is 0. The standard InChI is InChI=1S/C38H23N3O/c1-3-11-24(12-4-1)31-23-32(25-13-5-2-6-14-25)40-38(39-31)41-33-17-9-7-15-27(33)30-21-26-19-20-36-37(29(26)22-34(30)41)28-16-8-10-18-35(28)42-36/h1-23H. The van der Waals surface area contributed by atoms with E-state index >= 15 is 0 Å². The fourth-order valence-electron chi connectivity index (χ4n) is 6.27. The van der Waals surface area contributed by atoms with Gasteiger partial charge < -0.3 is 4.42 Å². The third-order valence-electron chi connectivity index (χ3n) is 8.20. The molecule has 0 saturated carbocycles. The summed E-state index contributed by atoms with van der Waals surface area (Å²) in [4.78, 5) is 10.4. The summed E-state index contributed by atoms with van der Waals surface area (Å²) >= 11 is 0. The van der Waals surface area contributed by atoms with E-state index < -0.39 is 0 Å². The molecule has 9 rings (SSSR count). The Hall–Kier alpha value is -5.74. The van der Waals surface area contributed by atoms with Gasteiger partial charge in [-0.2, -0.15) is 0 Å². The highest BCUT2D eigenvalue weighted by Crippen LogP contribution is 2.40. The van der Waals surface area contributed by atoms with Gasteiger partial charge in [-0.1, -0.05) is 103 Å². The van der Waals surface area contributed by atoms with Gasteiger partial charge in [0.25, 0.3) is 0 Å². The van der Waals surface area contributed by atoms with Crippen molar-refractivity contribution in [1.82, 2.24) is 14.5 Å². The molecular formula is C38H23N3O. The Bertz CT molecular complexity index is 2400. The van der Waals surface area contributed by atoms with Crippen molar-refractivity contribution >= 4 is 54.5 Å². The third kappa shape index (κ3) is 3.42. The average molecular weight is 538 g/mol. The first-order chi connectivity index (χ1) is 20.8. The molecule has 0 aliphatic heterocycles. The lowest BCUT2D eigenvalue weighted by Crippen LogP contribution is -2.04. The number of nitrogens with zero attached hydrogens (tertiary/aromatic N) is 3. The van der Waals surface area contributed by atoms with Crippen molar-refractivity contribution in [3.8, 4) is 28.5 Å². The van der Waals surface area contributed by atoms with E-state index in [2.05, 4.69) is 95.6 Å². The molecule has 9 aromatic rings. The third-order valence-corrected chi connectivity index (χ3v) is 8.20. The second-order valence-corrected chi connectivity index (χ2v) is 10.7. The smallest absolute Gasteiger partial charge is 0.235 e. The molecular weight excluding hydrogens is 514 g/mol. The van der Waals surface area contributed by atoms with Crippen LogP contribution in [0.1, 0.15) is 0 Å². The van der Waals surface area contributed by atoms with Gasteiger partial charge in [0.05, 0.1) is 22.4 Å². The van der Waals surface area contributed by atoms with E-state index in [4.69, 9.17) is 14.4 Å². The second-order valence-electron chi connectivity index (χ2n) is 10.7. The molecule has 0 atom stereocenters. The summed E-state index contributed by atoms with van der Waals surface area (Å²) < 4.78 is 8.46. The normalized spacial score (nSPS) is 11.8. The summed E-state index contributed by atoms with van der Waals surface area (Å²) in [5.41, 5.74) is 7.79. The van der Waals surface area contributed by atoms with Crippen LogP contribution in [0.2, 0.25) is 0 Å². The van der Waals surface area contributed by atoms with Gasteiger partial charge >= 0.3 is 0 Å². The molecule has 0 aliphatic carbocycles. The zero-order chi connectivity index (χ0) is 27.6. The highest BCUT2D eigenvalue weighted by Gasteiger charge is 2.19. The van der Waals surface area contributed by atoms with Gasteiger partial charge in [-0.25, -0.2) is 9.97 Å². The molecule has 0 spiro atoms. The van der Waals surface area contributed by atoms with Crippen LogP contribution in [-0.2, 0) is 0 Å². The Labute approximate surface area is 241 Å². The van der Waals surface area contributed by atoms with E-state index in [1.165, 1.54) is 16.2 Å². The van der Waals surface area contributed by atoms with E-state index in [0.29, 0.717) is 5.95 Å². The van der Waals surface area contributed by atoms with E-state index in [1.54, 1.807) is 0 Å². The number of hydrogen-bond acceptors (Lipinski definition) is 3. The molecule has 0 N–H and O–H groups in total. The zero-order valence-corrected chi connectivity index (χ0v) is 22.5. The van der Waals surface area contributed by atoms with Gasteiger partial charge in [-0.05, 0) is 47.2 Å². The predicted molar refractivity (Wildman–Crippen MR) is 172 cm³/mol. The van der Waals surface area contributed by atoms with Crippen LogP contribution in [-0.4, -0.2) is 14.5 Å². The maximum absolute atomic E-state index is 6.24. The van der Waals surface area contributed by atoms with Gasteiger partial charge in [-0.15, -0.1) is 0 Å². The molecule has 4 heteroatoms. The summed E-state index contributed by atoms with van der Waals surface area (Å²) in [6, 6.07) is 48.3. The lowest BCUT2D eigenvalue weighted by molar-refractivity contribution is 0.669. The average Bonchev–Trinajstić information content (AvgIpc) is 3.60. The summed E-state index contributed by atoms with van der Waals surface area (Å²) in [5, 5.41) is 6.91. The van der Waals surface area contributed by atoms with E-state index in [-0.39, 0.29) is 0 Å². The molecule has 3 aromatic heterocycles. The van der Waals surface area contributed by atoms with Crippen LogP contribution >= 0.6 is 0 Å². The molecule has 0 amide bonds. The topological polar surface area (TPSA) is 43.9 Å². The second kappa shape index (κ2) is 8.88. The molecule has 4 nitrogen and oxygen atoms in total. The Kier molecular flexibility index (Phi) is 4.87. The summed E-state index contributed by atoms with van der Waals surface area (Å²) in [6.45, 7) is 0. The van der Waals surface area contributed by atoms with Crippen molar-refractivity contribution in [3.63, 3.8) is 0 Å². The molecule has 0 aliphatic rings. The molecule has 42 heavy (non-hydrogen) atoms. The van der Waals surface area contributed by atoms with Gasteiger partial charge in [0, 0.05) is 32.7 Å². The number of rotatable bonds is 3. The van der Waals surface area contributed by atoms with Crippen molar-refractivity contribution in [2.75, 3.05) is 0 Å². The largest absolute Gasteiger partial charge is 0.456 e. The Morgan fingerprint density at radius 1 is 0.452 bits per heavy atom. The van der Waals surface area contributed by atoms with Crippen LogP contribution in [0, 0.1) is 0 Å². The summed E-state index contributed by atoms with van der Waals surface area (Å²) in [7, 11) is 0. The van der Waals surface area contributed by atoms with E-state index in [1.807, 2.05) is 48.5 Å². The monoisotopic (exact) mass is 537 g/mol. The van der Waals surface area contributed by atoms with Crippen LogP contribution < -0.4 is 0 Å². The number of benzene rings is 6. The lowest BCUT2D eigenvalue weighted by Gasteiger charge is -2.12. The Morgan fingerprint density at radius 3 is 1.83 bits per heavy atom. The van der Waals surface area contributed by atoms with Gasteiger partial charge in [-0.3, -0.25) is 4.57 Å². The highest BCUT2D eigenvalue weighted by atomic mass is 16.3. The molecule has 0 unspecified atom stereocenters. The van der Waals surface area contributed by atoms with Gasteiger partial charge in [0.1, 0.15) is 11.2 Å². The predicted octanol–water partition coefficient (Wildman–Crippen LogP) is 9.96. The minimum atomic E-state index is 0.644. The van der Waals surface area contributed by atoms with Crippen molar-refractivity contribution in [1.29, 1.82) is 0 Å². The Morgan fingerprint density at radius 2 is 1.10 bits per heavy atom. The molecule has 3 heterocycles. The summed E-state index contributed by atoms with van der Waals surface area (Å²) in [5.74, 6) is 0.644. The fraction of sp³-hybridized carbons (Fsp3) is 0. The first-order valence-electron chi connectivity index (χ1n) is 14.1. The maximum atomic E-state index is 6.24. The van der Waals surface area contributed by atoms with Crippen LogP contribution in [0.15, 0.2) is 144 Å². The van der Waals surface area contributed by atoms with Gasteiger partial charge in [0.15, 0.2) is 0 Å². The van der Waals surface area contributed by atoms with Crippen LogP contribution in [0.4, 0.5) is 0 Å². The van der Waals surface area contributed by atoms with Gasteiger partial charge in [0.2, 0.25) is 5.95 Å². The molecule has 6 aromatic carbocycles. The first-order valence-corrected chi connectivity index (χ1v) is 14.1. The fourth-order valence-corrected chi connectivity index (χ4v) is 6.27. The number of aromatic nitrogens is 3. The van der Waals surface area contributed by atoms with Crippen molar-refractivity contribution in [3.05, 3.63) is 140 Å². The van der Waals surface area contributed by atoms with Crippen molar-refractivity contribution in [2.24, 2.45) is 0 Å². The maximum Gasteiger partial charge on any atom is 0.235 e. The van der Waals surface area contributed by atoms with E-state index in [0.717, 1.165) is 60.9 Å². The quantitative estimate of drug-likeness (QED) is 0.225. The minimum absolute atomic E-state index is 0.644. The lowest BCUT2D eigenvalue weighted by atomic mass is 10.0. The molecule has 0 saturated heterocycles. The number of fused-ring (bicyclic) bond motifs is 8. The minimum Gasteiger partial charge on any atom is -0.456 e. The van der Waals surface area contributed by atoms with Crippen molar-refractivity contribution in [2.45, 2.75) is 0 Å². The Balaban J connectivity index is 1.41. The zero-order valence-electron chi connectivity index (χ0n) is 22.5. The molecule has 0 fully saturated rings. The first kappa shape index (κ1) is 23.0. The van der Waals surface area contributed by atoms with Crippen molar-refractivity contribution < 1.29 is 4.42 Å². The number of para-hydroxylation sites is 2. The molecule has 0 bridgehead atoms. The van der Waals surface area contributed by atoms with Crippen LogP contribution in [0.5, 0.6) is 0 Å². The molecule has 196 valence electrons. The van der Waals surface area contributed by atoms with Crippen LogP contribution in [0.25, 0.3) is 83.0 Å². The SMILES string of the molecule is c1ccc(-c2cc(-c3ccccc3)nc(-n3c4ccccc4c4cc5ccc6oc7ccccc7c6c5cc43)n2)cc1. The summed E-state index contributed by atoms with van der Waals surface area (Å²) in [6.07, 6.45) is 0. The highest BCUT2D eigenvalue weighted by molar-refractivity contribution is 6.23. The number of furan rings is 1. The molecule has 0 radical (unpaired) electrons.